The van der Waals surface area contributed by atoms with Crippen molar-refractivity contribution in [1.82, 2.24) is 0 Å². The van der Waals surface area contributed by atoms with Crippen LogP contribution in [-0.4, -0.2) is 38.1 Å². The van der Waals surface area contributed by atoms with Crippen LogP contribution in [0.5, 0.6) is 0 Å². The van der Waals surface area contributed by atoms with Gasteiger partial charge in [-0.05, 0) is 94.9 Å². The van der Waals surface area contributed by atoms with Gasteiger partial charge in [-0.1, -0.05) is 46.6 Å². The van der Waals surface area contributed by atoms with E-state index < -0.39 is 20.3 Å². The summed E-state index contributed by atoms with van der Waals surface area (Å²) in [6.45, 7) is 19.6. The maximum Gasteiger partial charge on any atom is 0.375 e. The average molecular weight is 577 g/mol. The number of rotatable bonds is 21. The van der Waals surface area contributed by atoms with Gasteiger partial charge in [0, 0.05) is 6.42 Å². The molecule has 38 heavy (non-hydrogen) atoms. The van der Waals surface area contributed by atoms with Gasteiger partial charge in [0.2, 0.25) is 0 Å². The zero-order valence-electron chi connectivity index (χ0n) is 25.6. The first-order chi connectivity index (χ1) is 17.9. The molecule has 0 spiro atoms. The van der Waals surface area contributed by atoms with Crippen molar-refractivity contribution in [2.45, 2.75) is 106 Å². The van der Waals surface area contributed by atoms with Gasteiger partial charge in [-0.2, -0.15) is 0 Å². The van der Waals surface area contributed by atoms with Crippen LogP contribution in [0.15, 0.2) is 46.6 Å². The molecule has 7 nitrogen and oxygen atoms in total. The van der Waals surface area contributed by atoms with Crippen molar-refractivity contribution < 1.29 is 32.0 Å². The summed E-state index contributed by atoms with van der Waals surface area (Å²) in [4.78, 5) is 0. The molecule has 0 aliphatic carbocycles. The SMILES string of the molecule is CCOP(=O)(OCC)C(C/C=C(\C)CCC=C(C)C)(OC/C=C(\C)CCC=C(C)C)P(=O)(OCC)OCC. The molecular weight excluding hydrogens is 522 g/mol. The molecule has 0 aromatic heterocycles. The van der Waals surface area contributed by atoms with Crippen LogP contribution >= 0.6 is 15.2 Å². The van der Waals surface area contributed by atoms with Gasteiger partial charge in [0.25, 0.3) is 5.08 Å². The van der Waals surface area contributed by atoms with Crippen molar-refractivity contribution in [3.8, 4) is 0 Å². The van der Waals surface area contributed by atoms with Gasteiger partial charge in [-0.15, -0.1) is 0 Å². The molecule has 0 aromatic rings. The molecule has 0 amide bonds. The van der Waals surface area contributed by atoms with Crippen molar-refractivity contribution in [2.24, 2.45) is 0 Å². The average Bonchev–Trinajstić information content (AvgIpc) is 2.81. The molecule has 0 atom stereocenters. The van der Waals surface area contributed by atoms with E-state index >= 15 is 0 Å². The van der Waals surface area contributed by atoms with E-state index in [9.17, 15) is 9.13 Å². The summed E-state index contributed by atoms with van der Waals surface area (Å²) in [6.07, 6.45) is 11.6. The highest BCUT2D eigenvalue weighted by Gasteiger charge is 2.66. The fourth-order valence-electron chi connectivity index (χ4n) is 3.75. The molecule has 0 heterocycles. The zero-order chi connectivity index (χ0) is 29.2. The minimum absolute atomic E-state index is 0.00708. The van der Waals surface area contributed by atoms with Crippen LogP contribution in [0, 0.1) is 0 Å². The third kappa shape index (κ3) is 12.2. The Morgan fingerprint density at radius 2 is 0.974 bits per heavy atom. The molecule has 222 valence electrons. The molecule has 0 saturated heterocycles. The van der Waals surface area contributed by atoms with Crippen molar-refractivity contribution >= 4 is 15.2 Å². The summed E-state index contributed by atoms with van der Waals surface area (Å²) in [5.41, 5.74) is 4.67. The van der Waals surface area contributed by atoms with E-state index in [1.807, 2.05) is 26.0 Å². The summed E-state index contributed by atoms with van der Waals surface area (Å²) in [5.74, 6) is 0. The van der Waals surface area contributed by atoms with Crippen molar-refractivity contribution in [3.63, 3.8) is 0 Å². The molecule has 0 aliphatic rings. The van der Waals surface area contributed by atoms with Gasteiger partial charge in [0.1, 0.15) is 0 Å². The van der Waals surface area contributed by atoms with Crippen molar-refractivity contribution in [3.05, 3.63) is 46.6 Å². The second-order valence-electron chi connectivity index (χ2n) is 9.67. The minimum Gasteiger partial charge on any atom is -0.347 e. The predicted octanol–water partition coefficient (Wildman–Crippen LogP) is 9.96. The lowest BCUT2D eigenvalue weighted by molar-refractivity contribution is 0.0306. The minimum atomic E-state index is -4.16. The molecule has 9 heteroatoms. The lowest BCUT2D eigenvalue weighted by Gasteiger charge is -2.41. The highest BCUT2D eigenvalue weighted by molar-refractivity contribution is 7.74. The Hall–Kier alpha value is -0.780. The Labute approximate surface area is 233 Å². The van der Waals surface area contributed by atoms with E-state index in [-0.39, 0.29) is 39.5 Å². The highest BCUT2D eigenvalue weighted by atomic mass is 31.2. The number of ether oxygens (including phenoxy) is 1. The van der Waals surface area contributed by atoms with Gasteiger partial charge >= 0.3 is 15.2 Å². The van der Waals surface area contributed by atoms with Gasteiger partial charge in [-0.3, -0.25) is 9.13 Å². The molecule has 0 rings (SSSR count). The quantitative estimate of drug-likeness (QED) is 0.0993. The Morgan fingerprint density at radius 3 is 1.32 bits per heavy atom. The topological polar surface area (TPSA) is 80.3 Å². The number of hydrogen-bond donors (Lipinski definition) is 0. The van der Waals surface area contributed by atoms with Crippen LogP contribution in [0.25, 0.3) is 0 Å². The monoisotopic (exact) mass is 576 g/mol. The zero-order valence-corrected chi connectivity index (χ0v) is 27.4. The van der Waals surface area contributed by atoms with Gasteiger partial charge in [0.05, 0.1) is 33.0 Å². The van der Waals surface area contributed by atoms with Crippen LogP contribution in [0.2, 0.25) is 0 Å². The summed E-state index contributed by atoms with van der Waals surface area (Å²) < 4.78 is 58.5. The Morgan fingerprint density at radius 1 is 0.605 bits per heavy atom. The van der Waals surface area contributed by atoms with E-state index in [0.717, 1.165) is 36.8 Å². The van der Waals surface area contributed by atoms with E-state index in [2.05, 4.69) is 39.8 Å². The molecule has 0 fully saturated rings. The van der Waals surface area contributed by atoms with E-state index in [1.165, 1.54) is 11.1 Å². The Kier molecular flexibility index (Phi) is 18.9. The van der Waals surface area contributed by atoms with E-state index in [1.54, 1.807) is 27.7 Å². The third-order valence-corrected chi connectivity index (χ3v) is 11.9. The van der Waals surface area contributed by atoms with Crippen LogP contribution in [-0.2, 0) is 32.0 Å². The first kappa shape index (κ1) is 37.2. The lowest BCUT2D eigenvalue weighted by Crippen LogP contribution is -2.36. The van der Waals surface area contributed by atoms with Crippen LogP contribution < -0.4 is 0 Å². The fraction of sp³-hybridized carbons (Fsp3) is 0.724. The van der Waals surface area contributed by atoms with Crippen LogP contribution in [0.3, 0.4) is 0 Å². The summed E-state index contributed by atoms with van der Waals surface area (Å²) in [7, 11) is -8.33. The molecule has 0 aliphatic heterocycles. The third-order valence-electron chi connectivity index (χ3n) is 5.70. The van der Waals surface area contributed by atoms with Crippen LogP contribution in [0.1, 0.15) is 101 Å². The maximum atomic E-state index is 14.5. The number of allylic oxidation sites excluding steroid dienone is 6. The second-order valence-corrected chi connectivity index (χ2v) is 14.5. The molecule has 0 bridgehead atoms. The Balaban J connectivity index is 6.72. The Bertz CT molecular complexity index is 845. The first-order valence-corrected chi connectivity index (χ1v) is 17.0. The second kappa shape index (κ2) is 19.3. The molecule has 0 N–H and O–H groups in total. The summed E-state index contributed by atoms with van der Waals surface area (Å²) in [5, 5.41) is -1.97. The maximum absolute atomic E-state index is 14.5. The lowest BCUT2D eigenvalue weighted by atomic mass is 10.1. The largest absolute Gasteiger partial charge is 0.375 e. The normalized spacial score (nSPS) is 13.5. The molecule has 0 unspecified atom stereocenters. The molecule has 0 aromatic carbocycles. The molecule has 0 radical (unpaired) electrons. The molecule has 0 saturated carbocycles. The van der Waals surface area contributed by atoms with Gasteiger partial charge in [-0.25, -0.2) is 0 Å². The van der Waals surface area contributed by atoms with Crippen LogP contribution in [0.4, 0.5) is 0 Å². The van der Waals surface area contributed by atoms with Crippen molar-refractivity contribution in [1.29, 1.82) is 0 Å². The fourth-order valence-corrected chi connectivity index (χ4v) is 9.06. The number of hydrogen-bond acceptors (Lipinski definition) is 7. The first-order valence-electron chi connectivity index (χ1n) is 13.9. The predicted molar refractivity (Wildman–Crippen MR) is 160 cm³/mol. The standard InChI is InChI=1S/C29H54O7P2/c1-11-33-37(30,34-12-2)29(38(31,35-13-3)36-14-4,23-21-27(9)19-15-17-25(5)6)32-24-22-28(10)20-16-18-26(7)8/h17-18,21-22H,11-16,19-20,23-24H2,1-10H3/b27-21+,28-22+. The summed E-state index contributed by atoms with van der Waals surface area (Å²) >= 11 is 0. The van der Waals surface area contributed by atoms with E-state index in [4.69, 9.17) is 22.8 Å². The van der Waals surface area contributed by atoms with Gasteiger partial charge in [0.15, 0.2) is 0 Å². The highest BCUT2D eigenvalue weighted by Crippen LogP contribution is 2.79. The molecular formula is C29H54O7P2. The summed E-state index contributed by atoms with van der Waals surface area (Å²) in [6, 6.07) is 0. The van der Waals surface area contributed by atoms with Crippen molar-refractivity contribution in [2.75, 3.05) is 33.0 Å². The van der Waals surface area contributed by atoms with Gasteiger partial charge < -0.3 is 22.8 Å². The smallest absolute Gasteiger partial charge is 0.347 e. The van der Waals surface area contributed by atoms with E-state index in [0.29, 0.717) is 0 Å².